The number of nitrogens with zero attached hydrogens (tertiary/aromatic N) is 3. The molecule has 4 rings (SSSR count). The van der Waals surface area contributed by atoms with E-state index in [2.05, 4.69) is 11.4 Å². The quantitative estimate of drug-likeness (QED) is 0.542. The number of hydrogen-bond acceptors (Lipinski definition) is 5. The van der Waals surface area contributed by atoms with Crippen LogP contribution in [0.25, 0.3) is 0 Å². The van der Waals surface area contributed by atoms with Gasteiger partial charge >= 0.3 is 6.18 Å². The van der Waals surface area contributed by atoms with Gasteiger partial charge in [0.05, 0.1) is 24.8 Å². The van der Waals surface area contributed by atoms with Gasteiger partial charge < -0.3 is 15.0 Å². The lowest BCUT2D eigenvalue weighted by atomic mass is 9.81. The summed E-state index contributed by atoms with van der Waals surface area (Å²) >= 11 is 0. The van der Waals surface area contributed by atoms with Crippen LogP contribution in [0.3, 0.4) is 0 Å². The third-order valence-electron chi connectivity index (χ3n) is 8.08. The number of carbonyl (C=O) groups excluding carboxylic acids is 2. The molecule has 2 heterocycles. The summed E-state index contributed by atoms with van der Waals surface area (Å²) in [6.45, 7) is 2.97. The Labute approximate surface area is 222 Å². The molecule has 0 bridgehead atoms. The second-order valence-electron chi connectivity index (χ2n) is 11.0. The Morgan fingerprint density at radius 3 is 2.58 bits per heavy atom. The van der Waals surface area contributed by atoms with Gasteiger partial charge in [-0.15, -0.1) is 0 Å². The minimum atomic E-state index is -4.42. The van der Waals surface area contributed by atoms with Crippen LogP contribution in [0, 0.1) is 23.2 Å². The van der Waals surface area contributed by atoms with Crippen molar-refractivity contribution in [1.82, 2.24) is 15.1 Å². The van der Waals surface area contributed by atoms with Gasteiger partial charge in [-0.05, 0) is 30.4 Å². The zero-order chi connectivity index (χ0) is 27.2. The van der Waals surface area contributed by atoms with Crippen LogP contribution in [-0.2, 0) is 27.0 Å². The average Bonchev–Trinajstić information content (AvgIpc) is 3.31. The summed E-state index contributed by atoms with van der Waals surface area (Å²) < 4.78 is 44.7. The Bertz CT molecular complexity index is 1020. The molecule has 7 nitrogen and oxygen atoms in total. The molecule has 3 aliphatic rings. The molecule has 38 heavy (non-hydrogen) atoms. The van der Waals surface area contributed by atoms with E-state index in [0.29, 0.717) is 57.2 Å². The first kappa shape index (κ1) is 28.4. The van der Waals surface area contributed by atoms with Crippen molar-refractivity contribution < 1.29 is 27.5 Å². The van der Waals surface area contributed by atoms with E-state index in [1.165, 1.54) is 12.5 Å². The zero-order valence-corrected chi connectivity index (χ0v) is 21.8. The molecule has 1 saturated carbocycles. The Morgan fingerprint density at radius 2 is 1.89 bits per heavy atom. The standard InChI is InChI=1S/C28H37F3N4O3/c29-28(30,31)24-8-4-7-22(16-24)18-34-10-9-27(19-32,20-34)33-26(37)23(15-21-5-2-1-3-6-21)17-25(36)35-11-13-38-14-12-35/h4,7-8,16,21,23H,1-3,5-6,9-15,17-18,20H2,(H,33,37). The van der Waals surface area contributed by atoms with E-state index in [0.717, 1.165) is 37.8 Å². The SMILES string of the molecule is N#CC1(NC(=O)C(CC(=O)N2CCOCC2)CC2CCCCC2)CCN(Cc2cccc(C(F)(F)F)c2)C1. The molecule has 1 aromatic carbocycles. The third kappa shape index (κ3) is 7.48. The fourth-order valence-electron chi connectivity index (χ4n) is 5.95. The number of nitriles is 1. The molecule has 0 radical (unpaired) electrons. The van der Waals surface area contributed by atoms with Crippen molar-refractivity contribution in [2.24, 2.45) is 11.8 Å². The van der Waals surface area contributed by atoms with Crippen molar-refractivity contribution in [3.63, 3.8) is 0 Å². The molecule has 1 N–H and O–H groups in total. The first-order valence-corrected chi connectivity index (χ1v) is 13.6. The number of likely N-dealkylation sites (tertiary alicyclic amines) is 1. The smallest absolute Gasteiger partial charge is 0.378 e. The molecule has 208 valence electrons. The maximum Gasteiger partial charge on any atom is 0.416 e. The molecular weight excluding hydrogens is 497 g/mol. The van der Waals surface area contributed by atoms with Gasteiger partial charge in [0, 0.05) is 45.1 Å². The number of alkyl halides is 3. The third-order valence-corrected chi connectivity index (χ3v) is 8.08. The molecule has 0 aromatic heterocycles. The highest BCUT2D eigenvalue weighted by Crippen LogP contribution is 2.33. The second kappa shape index (κ2) is 12.5. The molecule has 0 spiro atoms. The Balaban J connectivity index is 1.41. The van der Waals surface area contributed by atoms with E-state index >= 15 is 0 Å². The van der Waals surface area contributed by atoms with Crippen molar-refractivity contribution in [1.29, 1.82) is 5.26 Å². The van der Waals surface area contributed by atoms with E-state index in [-0.39, 0.29) is 31.3 Å². The molecular formula is C28H37F3N4O3. The van der Waals surface area contributed by atoms with Gasteiger partial charge in [0.1, 0.15) is 5.54 Å². The van der Waals surface area contributed by atoms with E-state index in [1.54, 1.807) is 11.0 Å². The number of ether oxygens (including phenoxy) is 1. The van der Waals surface area contributed by atoms with Gasteiger partial charge in [-0.3, -0.25) is 14.5 Å². The molecule has 1 aliphatic carbocycles. The predicted octanol–water partition coefficient (Wildman–Crippen LogP) is 4.13. The van der Waals surface area contributed by atoms with Crippen LogP contribution in [-0.4, -0.2) is 66.5 Å². The van der Waals surface area contributed by atoms with E-state index in [9.17, 15) is 28.0 Å². The van der Waals surface area contributed by atoms with Crippen LogP contribution in [0.2, 0.25) is 0 Å². The summed E-state index contributed by atoms with van der Waals surface area (Å²) in [5.74, 6) is -0.472. The molecule has 3 fully saturated rings. The summed E-state index contributed by atoms with van der Waals surface area (Å²) in [5, 5.41) is 13.0. The highest BCUT2D eigenvalue weighted by molar-refractivity contribution is 5.86. The molecule has 1 aromatic rings. The van der Waals surface area contributed by atoms with Crippen LogP contribution >= 0.6 is 0 Å². The van der Waals surface area contributed by atoms with Crippen LogP contribution < -0.4 is 5.32 Å². The Kier molecular flexibility index (Phi) is 9.32. The number of rotatable bonds is 8. The lowest BCUT2D eigenvalue weighted by molar-refractivity contribution is -0.140. The minimum Gasteiger partial charge on any atom is -0.378 e. The minimum absolute atomic E-state index is 0.0622. The summed E-state index contributed by atoms with van der Waals surface area (Å²) in [6.07, 6.45) is 2.23. The predicted molar refractivity (Wildman–Crippen MR) is 135 cm³/mol. The van der Waals surface area contributed by atoms with Crippen molar-refractivity contribution >= 4 is 11.8 Å². The zero-order valence-electron chi connectivity index (χ0n) is 21.8. The van der Waals surface area contributed by atoms with E-state index in [4.69, 9.17) is 4.74 Å². The lowest BCUT2D eigenvalue weighted by Crippen LogP contribution is -2.52. The van der Waals surface area contributed by atoms with Crippen LogP contribution in [0.15, 0.2) is 24.3 Å². The molecule has 2 atom stereocenters. The molecule has 2 saturated heterocycles. The molecule has 2 unspecified atom stereocenters. The first-order chi connectivity index (χ1) is 18.2. The van der Waals surface area contributed by atoms with Gasteiger partial charge in [-0.1, -0.05) is 50.3 Å². The van der Waals surface area contributed by atoms with Crippen molar-refractivity contribution in [3.05, 3.63) is 35.4 Å². The number of halogens is 3. The van der Waals surface area contributed by atoms with Crippen LogP contribution in [0.4, 0.5) is 13.2 Å². The highest BCUT2D eigenvalue weighted by atomic mass is 19.4. The topological polar surface area (TPSA) is 85.7 Å². The maximum atomic E-state index is 13.6. The van der Waals surface area contributed by atoms with Crippen molar-refractivity contribution in [2.75, 3.05) is 39.4 Å². The second-order valence-corrected chi connectivity index (χ2v) is 11.0. The molecule has 10 heteroatoms. The van der Waals surface area contributed by atoms with E-state index in [1.807, 2.05) is 4.90 Å². The Morgan fingerprint density at radius 1 is 1.16 bits per heavy atom. The largest absolute Gasteiger partial charge is 0.416 e. The molecule has 2 aliphatic heterocycles. The number of hydrogen-bond donors (Lipinski definition) is 1. The number of carbonyl (C=O) groups is 2. The number of benzene rings is 1. The number of nitrogens with one attached hydrogen (secondary N) is 1. The van der Waals surface area contributed by atoms with Crippen LogP contribution in [0.5, 0.6) is 0 Å². The van der Waals surface area contributed by atoms with Gasteiger partial charge in [0.2, 0.25) is 11.8 Å². The summed E-state index contributed by atoms with van der Waals surface area (Å²) in [4.78, 5) is 30.2. The normalized spacial score (nSPS) is 24.1. The lowest BCUT2D eigenvalue weighted by Gasteiger charge is -2.32. The maximum absolute atomic E-state index is 13.6. The highest BCUT2D eigenvalue weighted by Gasteiger charge is 2.42. The average molecular weight is 535 g/mol. The summed E-state index contributed by atoms with van der Waals surface area (Å²) in [5.41, 5.74) is -1.33. The molecule has 2 amide bonds. The number of morpholine rings is 1. The monoisotopic (exact) mass is 534 g/mol. The fraction of sp³-hybridized carbons (Fsp3) is 0.679. The summed E-state index contributed by atoms with van der Waals surface area (Å²) in [6, 6.07) is 7.46. The Hall–Kier alpha value is -2.64. The first-order valence-electron chi connectivity index (χ1n) is 13.6. The van der Waals surface area contributed by atoms with E-state index < -0.39 is 23.2 Å². The summed E-state index contributed by atoms with van der Waals surface area (Å²) in [7, 11) is 0. The number of amides is 2. The van der Waals surface area contributed by atoms with Gasteiger partial charge in [0.15, 0.2) is 0 Å². The fourth-order valence-corrected chi connectivity index (χ4v) is 5.95. The van der Waals surface area contributed by atoms with Crippen molar-refractivity contribution in [3.8, 4) is 6.07 Å². The van der Waals surface area contributed by atoms with Gasteiger partial charge in [0.25, 0.3) is 0 Å². The van der Waals surface area contributed by atoms with Crippen molar-refractivity contribution in [2.45, 2.75) is 69.6 Å². The van der Waals surface area contributed by atoms with Gasteiger partial charge in [-0.2, -0.15) is 18.4 Å². The van der Waals surface area contributed by atoms with Crippen LogP contribution in [0.1, 0.15) is 62.5 Å². The van der Waals surface area contributed by atoms with Gasteiger partial charge in [-0.25, -0.2) is 0 Å².